The molecule has 1 unspecified atom stereocenters. The van der Waals surface area contributed by atoms with Gasteiger partial charge in [0.25, 0.3) is 0 Å². The van der Waals surface area contributed by atoms with E-state index >= 15 is 0 Å². The third-order valence-electron chi connectivity index (χ3n) is 3.29. The number of methoxy groups -OCH3 is 1. The fourth-order valence-electron chi connectivity index (χ4n) is 2.20. The maximum atomic E-state index is 12.1. The second kappa shape index (κ2) is 7.01. The maximum absolute atomic E-state index is 12.1. The first-order chi connectivity index (χ1) is 9.61. The summed E-state index contributed by atoms with van der Waals surface area (Å²) in [6.07, 6.45) is 1.78. The molecule has 6 nitrogen and oxygen atoms in total. The van der Waals surface area contributed by atoms with Crippen LogP contribution in [-0.4, -0.2) is 61.7 Å². The first-order valence-electron chi connectivity index (χ1n) is 6.51. The molecule has 1 amide bonds. The Morgan fingerprint density at radius 3 is 2.70 bits per heavy atom. The minimum atomic E-state index is -0.572. The number of halogens is 1. The minimum absolute atomic E-state index is 0.0461. The van der Waals surface area contributed by atoms with Crippen molar-refractivity contribution in [1.29, 1.82) is 0 Å². The zero-order valence-electron chi connectivity index (χ0n) is 11.5. The van der Waals surface area contributed by atoms with Crippen molar-refractivity contribution >= 4 is 27.7 Å². The van der Waals surface area contributed by atoms with E-state index in [0.717, 1.165) is 23.4 Å². The standard InChI is InChI=1S/C13H19BrN4O2/c1-20-9-11(15)13(19)18-6-4-17(5-7-18)12-3-2-10(14)8-16-12/h2-3,8,11H,4-7,9,15H2,1H3. The summed E-state index contributed by atoms with van der Waals surface area (Å²) < 4.78 is 5.88. The van der Waals surface area contributed by atoms with Gasteiger partial charge in [-0.2, -0.15) is 0 Å². The van der Waals surface area contributed by atoms with Crippen LogP contribution in [0.25, 0.3) is 0 Å². The van der Waals surface area contributed by atoms with Crippen LogP contribution in [-0.2, 0) is 9.53 Å². The summed E-state index contributed by atoms with van der Waals surface area (Å²) in [5.74, 6) is 0.886. The Hall–Kier alpha value is -1.18. The molecular weight excluding hydrogens is 324 g/mol. The Balaban J connectivity index is 1.89. The molecule has 1 aliphatic rings. The molecule has 2 N–H and O–H groups in total. The molecular formula is C13H19BrN4O2. The predicted octanol–water partition coefficient (Wildman–Crippen LogP) is 0.466. The van der Waals surface area contributed by atoms with Gasteiger partial charge in [-0.15, -0.1) is 0 Å². The molecule has 1 fully saturated rings. The van der Waals surface area contributed by atoms with Crippen molar-refractivity contribution in [3.05, 3.63) is 22.8 Å². The van der Waals surface area contributed by atoms with E-state index in [4.69, 9.17) is 10.5 Å². The van der Waals surface area contributed by atoms with Gasteiger partial charge in [0.05, 0.1) is 6.61 Å². The van der Waals surface area contributed by atoms with E-state index in [1.807, 2.05) is 12.1 Å². The Labute approximate surface area is 127 Å². The van der Waals surface area contributed by atoms with E-state index in [-0.39, 0.29) is 12.5 Å². The zero-order chi connectivity index (χ0) is 14.5. The van der Waals surface area contributed by atoms with Crippen molar-refractivity contribution in [2.45, 2.75) is 6.04 Å². The lowest BCUT2D eigenvalue weighted by Crippen LogP contribution is -2.54. The van der Waals surface area contributed by atoms with Gasteiger partial charge >= 0.3 is 0 Å². The smallest absolute Gasteiger partial charge is 0.241 e. The number of hydrogen-bond donors (Lipinski definition) is 1. The molecule has 1 aliphatic heterocycles. The highest BCUT2D eigenvalue weighted by Crippen LogP contribution is 2.16. The lowest BCUT2D eigenvalue weighted by Gasteiger charge is -2.36. The molecule has 1 saturated heterocycles. The number of anilines is 1. The van der Waals surface area contributed by atoms with E-state index in [2.05, 4.69) is 25.8 Å². The predicted molar refractivity (Wildman–Crippen MR) is 80.6 cm³/mol. The van der Waals surface area contributed by atoms with Gasteiger partial charge in [-0.05, 0) is 28.1 Å². The van der Waals surface area contributed by atoms with Gasteiger partial charge < -0.3 is 20.3 Å². The lowest BCUT2D eigenvalue weighted by atomic mass is 10.2. The topological polar surface area (TPSA) is 71.7 Å². The molecule has 1 aromatic rings. The largest absolute Gasteiger partial charge is 0.383 e. The molecule has 20 heavy (non-hydrogen) atoms. The first-order valence-corrected chi connectivity index (χ1v) is 7.31. The van der Waals surface area contributed by atoms with Crippen LogP contribution in [0.1, 0.15) is 0 Å². The van der Waals surface area contributed by atoms with E-state index in [1.165, 1.54) is 0 Å². The highest BCUT2D eigenvalue weighted by atomic mass is 79.9. The summed E-state index contributed by atoms with van der Waals surface area (Å²) >= 11 is 3.37. The Morgan fingerprint density at radius 1 is 1.45 bits per heavy atom. The number of amides is 1. The van der Waals surface area contributed by atoms with Crippen molar-refractivity contribution in [3.8, 4) is 0 Å². The Morgan fingerprint density at radius 2 is 2.15 bits per heavy atom. The summed E-state index contributed by atoms with van der Waals surface area (Å²) in [7, 11) is 1.55. The highest BCUT2D eigenvalue weighted by molar-refractivity contribution is 9.10. The van der Waals surface area contributed by atoms with E-state index in [9.17, 15) is 4.79 Å². The fraction of sp³-hybridized carbons (Fsp3) is 0.538. The number of nitrogens with zero attached hydrogens (tertiary/aromatic N) is 3. The Kier molecular flexibility index (Phi) is 5.33. The van der Waals surface area contributed by atoms with E-state index in [1.54, 1.807) is 18.2 Å². The molecule has 1 aromatic heterocycles. The molecule has 2 rings (SSSR count). The number of nitrogens with two attached hydrogens (primary N) is 1. The van der Waals surface area contributed by atoms with Gasteiger partial charge in [-0.3, -0.25) is 4.79 Å². The molecule has 110 valence electrons. The molecule has 0 spiro atoms. The summed E-state index contributed by atoms with van der Waals surface area (Å²) in [5, 5.41) is 0. The number of rotatable bonds is 4. The maximum Gasteiger partial charge on any atom is 0.241 e. The van der Waals surface area contributed by atoms with E-state index < -0.39 is 6.04 Å². The number of carbonyl (C=O) groups is 1. The van der Waals surface area contributed by atoms with Crippen LogP contribution < -0.4 is 10.6 Å². The quantitative estimate of drug-likeness (QED) is 0.860. The minimum Gasteiger partial charge on any atom is -0.383 e. The average molecular weight is 343 g/mol. The van der Waals surface area contributed by atoms with Crippen molar-refractivity contribution in [2.75, 3.05) is 44.8 Å². The van der Waals surface area contributed by atoms with Crippen molar-refractivity contribution in [1.82, 2.24) is 9.88 Å². The van der Waals surface area contributed by atoms with Crippen molar-refractivity contribution in [3.63, 3.8) is 0 Å². The summed E-state index contributed by atoms with van der Waals surface area (Å²) in [6, 6.07) is 3.37. The van der Waals surface area contributed by atoms with Crippen molar-refractivity contribution < 1.29 is 9.53 Å². The highest BCUT2D eigenvalue weighted by Gasteiger charge is 2.25. The molecule has 0 bridgehead atoms. The van der Waals surface area contributed by atoms with Crippen LogP contribution >= 0.6 is 15.9 Å². The second-order valence-corrected chi connectivity index (χ2v) is 5.62. The SMILES string of the molecule is COCC(N)C(=O)N1CCN(c2ccc(Br)cn2)CC1. The molecule has 0 aromatic carbocycles. The van der Waals surface area contributed by atoms with Gasteiger partial charge in [-0.25, -0.2) is 4.98 Å². The molecule has 7 heteroatoms. The number of aromatic nitrogens is 1. The number of piperazine rings is 1. The summed E-state index contributed by atoms with van der Waals surface area (Å²) in [5.41, 5.74) is 5.77. The first kappa shape index (κ1) is 15.2. The van der Waals surface area contributed by atoms with Gasteiger partial charge in [0.2, 0.25) is 5.91 Å². The Bertz CT molecular complexity index is 446. The third-order valence-corrected chi connectivity index (χ3v) is 3.76. The van der Waals surface area contributed by atoms with Crippen LogP contribution in [0.3, 0.4) is 0 Å². The van der Waals surface area contributed by atoms with Gasteiger partial charge in [0.15, 0.2) is 0 Å². The number of carbonyl (C=O) groups excluding carboxylic acids is 1. The van der Waals surface area contributed by atoms with Gasteiger partial charge in [0.1, 0.15) is 11.9 Å². The second-order valence-electron chi connectivity index (χ2n) is 4.71. The van der Waals surface area contributed by atoms with Crippen LogP contribution in [0.2, 0.25) is 0 Å². The van der Waals surface area contributed by atoms with Crippen LogP contribution in [0.15, 0.2) is 22.8 Å². The van der Waals surface area contributed by atoms with Crippen LogP contribution in [0, 0.1) is 0 Å². The van der Waals surface area contributed by atoms with Crippen molar-refractivity contribution in [2.24, 2.45) is 5.73 Å². The monoisotopic (exact) mass is 342 g/mol. The molecule has 0 saturated carbocycles. The molecule has 2 heterocycles. The molecule has 1 atom stereocenters. The number of hydrogen-bond acceptors (Lipinski definition) is 5. The number of ether oxygens (including phenoxy) is 1. The zero-order valence-corrected chi connectivity index (χ0v) is 13.0. The normalized spacial score (nSPS) is 17.1. The van der Waals surface area contributed by atoms with Crippen LogP contribution in [0.5, 0.6) is 0 Å². The molecule has 0 radical (unpaired) electrons. The lowest BCUT2D eigenvalue weighted by molar-refractivity contribution is -0.134. The number of pyridine rings is 1. The third kappa shape index (κ3) is 3.68. The van der Waals surface area contributed by atoms with Gasteiger partial charge in [0, 0.05) is 44.0 Å². The average Bonchev–Trinajstić information content (AvgIpc) is 2.48. The van der Waals surface area contributed by atoms with Crippen LogP contribution in [0.4, 0.5) is 5.82 Å². The molecule has 0 aliphatic carbocycles. The fourth-order valence-corrected chi connectivity index (χ4v) is 2.43. The summed E-state index contributed by atoms with van der Waals surface area (Å²) in [6.45, 7) is 3.11. The van der Waals surface area contributed by atoms with E-state index in [0.29, 0.717) is 13.1 Å². The summed E-state index contributed by atoms with van der Waals surface area (Å²) in [4.78, 5) is 20.4. The van der Waals surface area contributed by atoms with Gasteiger partial charge in [-0.1, -0.05) is 0 Å².